The number of amides is 1. The first-order chi connectivity index (χ1) is 12.2. The fraction of sp³-hybridized carbons (Fsp3) is 0.263. The summed E-state index contributed by atoms with van der Waals surface area (Å²) < 4.78 is 0. The number of carbonyl (C=O) groups is 1. The Morgan fingerprint density at radius 1 is 1.20 bits per heavy atom. The third-order valence-corrected chi connectivity index (χ3v) is 4.12. The lowest BCUT2D eigenvalue weighted by Crippen LogP contribution is -2.32. The van der Waals surface area contributed by atoms with Crippen LogP contribution in [0.3, 0.4) is 0 Å². The van der Waals surface area contributed by atoms with Gasteiger partial charge in [0.15, 0.2) is 5.82 Å². The highest BCUT2D eigenvalue weighted by Crippen LogP contribution is 2.21. The van der Waals surface area contributed by atoms with Crippen LogP contribution >= 0.6 is 0 Å². The zero-order chi connectivity index (χ0) is 17.6. The van der Waals surface area contributed by atoms with Crippen molar-refractivity contribution in [3.8, 4) is 11.4 Å². The summed E-state index contributed by atoms with van der Waals surface area (Å²) in [5.74, 6) is 0.999. The summed E-state index contributed by atoms with van der Waals surface area (Å²) in [6, 6.07) is 13.3. The number of H-pyrrole nitrogens is 1. The van der Waals surface area contributed by atoms with E-state index in [4.69, 9.17) is 0 Å². The molecular formula is C19H21N5O. The maximum absolute atomic E-state index is 12.7. The third-order valence-electron chi connectivity index (χ3n) is 4.12. The van der Waals surface area contributed by atoms with Gasteiger partial charge in [-0.05, 0) is 31.0 Å². The van der Waals surface area contributed by atoms with E-state index in [0.29, 0.717) is 11.6 Å². The molecule has 0 bridgehead atoms. The quantitative estimate of drug-likeness (QED) is 0.724. The van der Waals surface area contributed by atoms with Crippen LogP contribution in [0.15, 0.2) is 54.9 Å². The van der Waals surface area contributed by atoms with E-state index in [9.17, 15) is 4.79 Å². The molecule has 0 aliphatic heterocycles. The molecule has 0 saturated heterocycles. The SMILES string of the molecule is CC[C@@H](C(=O)N[C@H](C)c1nc(-c2cccnc2)n[nH]1)c1ccccc1. The van der Waals surface area contributed by atoms with E-state index < -0.39 is 0 Å². The van der Waals surface area contributed by atoms with Gasteiger partial charge in [0.2, 0.25) is 5.91 Å². The van der Waals surface area contributed by atoms with Gasteiger partial charge in [-0.3, -0.25) is 14.9 Å². The van der Waals surface area contributed by atoms with Crippen LogP contribution in [0.2, 0.25) is 0 Å². The van der Waals surface area contributed by atoms with E-state index in [2.05, 4.69) is 25.5 Å². The van der Waals surface area contributed by atoms with Crippen molar-refractivity contribution in [3.05, 3.63) is 66.2 Å². The molecular weight excluding hydrogens is 314 g/mol. The van der Waals surface area contributed by atoms with Gasteiger partial charge in [-0.2, -0.15) is 5.10 Å². The normalized spacial score (nSPS) is 13.2. The number of rotatable bonds is 6. The molecule has 25 heavy (non-hydrogen) atoms. The molecule has 2 atom stereocenters. The summed E-state index contributed by atoms with van der Waals surface area (Å²) >= 11 is 0. The number of aromatic amines is 1. The first-order valence-corrected chi connectivity index (χ1v) is 8.37. The molecule has 3 aromatic rings. The Morgan fingerprint density at radius 2 is 2.00 bits per heavy atom. The Kier molecular flexibility index (Phi) is 5.18. The number of nitrogens with zero attached hydrogens (tertiary/aromatic N) is 3. The van der Waals surface area contributed by atoms with Gasteiger partial charge < -0.3 is 5.32 Å². The van der Waals surface area contributed by atoms with Crippen molar-refractivity contribution in [2.45, 2.75) is 32.2 Å². The molecule has 1 aromatic carbocycles. The van der Waals surface area contributed by atoms with Crippen LogP contribution in [0, 0.1) is 0 Å². The second-order valence-electron chi connectivity index (χ2n) is 5.89. The van der Waals surface area contributed by atoms with Crippen molar-refractivity contribution in [1.29, 1.82) is 0 Å². The summed E-state index contributed by atoms with van der Waals surface area (Å²) in [5.41, 5.74) is 1.85. The van der Waals surface area contributed by atoms with Crippen molar-refractivity contribution in [3.63, 3.8) is 0 Å². The lowest BCUT2D eigenvalue weighted by molar-refractivity contribution is -0.123. The Labute approximate surface area is 146 Å². The molecule has 1 amide bonds. The first kappa shape index (κ1) is 16.8. The monoisotopic (exact) mass is 335 g/mol. The largest absolute Gasteiger partial charge is 0.346 e. The second-order valence-corrected chi connectivity index (χ2v) is 5.89. The minimum absolute atomic E-state index is 0.0134. The molecule has 0 radical (unpaired) electrons. The molecule has 2 aromatic heterocycles. The van der Waals surface area contributed by atoms with Crippen LogP contribution in [-0.4, -0.2) is 26.1 Å². The molecule has 2 N–H and O–H groups in total. The number of aromatic nitrogens is 4. The highest BCUT2D eigenvalue weighted by molar-refractivity contribution is 5.83. The number of hydrogen-bond acceptors (Lipinski definition) is 4. The molecule has 6 heteroatoms. The average Bonchev–Trinajstić information content (AvgIpc) is 3.14. The zero-order valence-corrected chi connectivity index (χ0v) is 14.3. The van der Waals surface area contributed by atoms with E-state index in [-0.39, 0.29) is 17.9 Å². The Morgan fingerprint density at radius 3 is 2.68 bits per heavy atom. The Balaban J connectivity index is 1.70. The number of carbonyl (C=O) groups excluding carboxylic acids is 1. The highest BCUT2D eigenvalue weighted by atomic mass is 16.1. The maximum atomic E-state index is 12.7. The second kappa shape index (κ2) is 7.70. The van der Waals surface area contributed by atoms with Crippen LogP contribution in [-0.2, 0) is 4.79 Å². The van der Waals surface area contributed by atoms with Crippen molar-refractivity contribution < 1.29 is 4.79 Å². The van der Waals surface area contributed by atoms with Crippen LogP contribution in [0.5, 0.6) is 0 Å². The Hall–Kier alpha value is -3.02. The molecule has 0 aliphatic rings. The summed E-state index contributed by atoms with van der Waals surface area (Å²) in [5, 5.41) is 10.1. The zero-order valence-electron chi connectivity index (χ0n) is 14.3. The van der Waals surface area contributed by atoms with Crippen molar-refractivity contribution in [2.24, 2.45) is 0 Å². The van der Waals surface area contributed by atoms with Crippen molar-refractivity contribution >= 4 is 5.91 Å². The molecule has 0 spiro atoms. The van der Waals surface area contributed by atoms with Crippen molar-refractivity contribution in [2.75, 3.05) is 0 Å². The lowest BCUT2D eigenvalue weighted by atomic mass is 9.95. The summed E-state index contributed by atoms with van der Waals surface area (Å²) in [7, 11) is 0. The van der Waals surface area contributed by atoms with Gasteiger partial charge in [-0.1, -0.05) is 37.3 Å². The Bertz CT molecular complexity index is 816. The minimum atomic E-state index is -0.261. The molecule has 6 nitrogen and oxygen atoms in total. The van der Waals surface area contributed by atoms with E-state index in [1.807, 2.05) is 56.3 Å². The fourth-order valence-corrected chi connectivity index (χ4v) is 2.73. The van der Waals surface area contributed by atoms with Crippen LogP contribution in [0.1, 0.15) is 43.6 Å². The van der Waals surface area contributed by atoms with Gasteiger partial charge in [0.1, 0.15) is 5.82 Å². The van der Waals surface area contributed by atoms with E-state index in [1.165, 1.54) is 0 Å². The lowest BCUT2D eigenvalue weighted by Gasteiger charge is -2.18. The minimum Gasteiger partial charge on any atom is -0.346 e. The van der Waals surface area contributed by atoms with E-state index >= 15 is 0 Å². The molecule has 3 rings (SSSR count). The predicted octanol–water partition coefficient (Wildman–Crippen LogP) is 3.24. The first-order valence-electron chi connectivity index (χ1n) is 8.37. The maximum Gasteiger partial charge on any atom is 0.228 e. The molecule has 0 aliphatic carbocycles. The smallest absolute Gasteiger partial charge is 0.228 e. The van der Waals surface area contributed by atoms with Crippen LogP contribution < -0.4 is 5.32 Å². The van der Waals surface area contributed by atoms with E-state index in [0.717, 1.165) is 17.5 Å². The predicted molar refractivity (Wildman–Crippen MR) is 95.6 cm³/mol. The van der Waals surface area contributed by atoms with Crippen LogP contribution in [0.25, 0.3) is 11.4 Å². The number of pyridine rings is 1. The average molecular weight is 335 g/mol. The summed E-state index contributed by atoms with van der Waals surface area (Å²) in [6.07, 6.45) is 4.15. The summed E-state index contributed by atoms with van der Waals surface area (Å²) in [4.78, 5) is 21.2. The van der Waals surface area contributed by atoms with Crippen molar-refractivity contribution in [1.82, 2.24) is 25.5 Å². The number of hydrogen-bond donors (Lipinski definition) is 2. The van der Waals surface area contributed by atoms with Crippen LogP contribution in [0.4, 0.5) is 0 Å². The highest BCUT2D eigenvalue weighted by Gasteiger charge is 2.22. The molecule has 0 saturated carbocycles. The topological polar surface area (TPSA) is 83.6 Å². The molecule has 0 fully saturated rings. The number of benzene rings is 1. The standard InChI is InChI=1S/C19H21N5O/c1-3-16(14-8-5-4-6-9-14)19(25)21-13(2)17-22-18(24-23-17)15-10-7-11-20-12-15/h4-13,16H,3H2,1-2H3,(H,21,25)(H,22,23,24)/t13-,16-/m1/s1. The molecule has 0 unspecified atom stereocenters. The molecule has 128 valence electrons. The van der Waals surface area contributed by atoms with Gasteiger partial charge in [0.25, 0.3) is 0 Å². The molecule has 2 heterocycles. The fourth-order valence-electron chi connectivity index (χ4n) is 2.73. The van der Waals surface area contributed by atoms with Gasteiger partial charge in [-0.15, -0.1) is 0 Å². The van der Waals surface area contributed by atoms with Gasteiger partial charge in [0.05, 0.1) is 12.0 Å². The third kappa shape index (κ3) is 3.91. The van der Waals surface area contributed by atoms with Gasteiger partial charge in [-0.25, -0.2) is 4.98 Å². The van der Waals surface area contributed by atoms with E-state index in [1.54, 1.807) is 12.4 Å². The summed E-state index contributed by atoms with van der Waals surface area (Å²) in [6.45, 7) is 3.90. The van der Waals surface area contributed by atoms with Gasteiger partial charge in [0, 0.05) is 18.0 Å². The number of nitrogens with one attached hydrogen (secondary N) is 2. The van der Waals surface area contributed by atoms with Gasteiger partial charge >= 0.3 is 0 Å².